The van der Waals surface area contributed by atoms with E-state index in [0.717, 1.165) is 16.8 Å². The first-order chi connectivity index (χ1) is 16.4. The van der Waals surface area contributed by atoms with E-state index in [1.807, 2.05) is 36.9 Å². The van der Waals surface area contributed by atoms with Crippen molar-refractivity contribution in [1.82, 2.24) is 15.0 Å². The van der Waals surface area contributed by atoms with Crippen LogP contribution in [0.25, 0.3) is 0 Å². The molecular weight excluding hydrogens is 460 g/mol. The van der Waals surface area contributed by atoms with Gasteiger partial charge in [-0.2, -0.15) is 20.1 Å². The minimum atomic E-state index is -0.543. The molecule has 0 saturated carbocycles. The van der Waals surface area contributed by atoms with E-state index in [1.54, 1.807) is 6.07 Å². The largest absolute Gasteiger partial charge is 0.378 e. The molecule has 1 aromatic heterocycles. The van der Waals surface area contributed by atoms with Gasteiger partial charge in [0, 0.05) is 30.4 Å². The van der Waals surface area contributed by atoms with Gasteiger partial charge < -0.3 is 15.0 Å². The van der Waals surface area contributed by atoms with Crippen molar-refractivity contribution < 1.29 is 9.66 Å². The molecule has 11 nitrogen and oxygen atoms in total. The first-order valence-corrected chi connectivity index (χ1v) is 10.9. The number of nitrogens with zero attached hydrogens (tertiary/aromatic N) is 6. The molecule has 1 aliphatic rings. The van der Waals surface area contributed by atoms with Crippen LogP contribution in [0.2, 0.25) is 5.02 Å². The average molecular weight is 483 g/mol. The third-order valence-electron chi connectivity index (χ3n) is 5.10. The lowest BCUT2D eigenvalue weighted by Gasteiger charge is -2.27. The number of nitro groups is 1. The van der Waals surface area contributed by atoms with Crippen molar-refractivity contribution in [2.24, 2.45) is 5.10 Å². The van der Waals surface area contributed by atoms with E-state index < -0.39 is 4.92 Å². The molecule has 0 spiro atoms. The Labute approximate surface area is 201 Å². The first kappa shape index (κ1) is 23.3. The highest BCUT2D eigenvalue weighted by atomic mass is 35.5. The number of hydrazone groups is 1. The summed E-state index contributed by atoms with van der Waals surface area (Å²) < 4.78 is 5.43. The molecule has 0 radical (unpaired) electrons. The fraction of sp³-hybridized carbons (Fsp3) is 0.273. The number of hydrogen-bond donors (Lipinski definition) is 2. The van der Waals surface area contributed by atoms with Gasteiger partial charge in [-0.25, -0.2) is 5.43 Å². The average Bonchev–Trinajstić information content (AvgIpc) is 2.83. The number of halogens is 1. The van der Waals surface area contributed by atoms with E-state index in [0.29, 0.717) is 43.8 Å². The number of nitrogens with one attached hydrogen (secondary N) is 2. The van der Waals surface area contributed by atoms with Gasteiger partial charge in [0.15, 0.2) is 0 Å². The Balaban J connectivity index is 1.60. The van der Waals surface area contributed by atoms with Crippen LogP contribution in [0, 0.1) is 24.0 Å². The van der Waals surface area contributed by atoms with Crippen molar-refractivity contribution in [2.75, 3.05) is 41.9 Å². The summed E-state index contributed by atoms with van der Waals surface area (Å²) in [5.41, 5.74) is 6.15. The number of hydrogen-bond acceptors (Lipinski definition) is 10. The summed E-state index contributed by atoms with van der Waals surface area (Å²) in [5, 5.41) is 18.6. The fourth-order valence-electron chi connectivity index (χ4n) is 3.28. The van der Waals surface area contributed by atoms with Crippen LogP contribution < -0.4 is 15.6 Å². The summed E-state index contributed by atoms with van der Waals surface area (Å²) in [5.74, 6) is 1.08. The van der Waals surface area contributed by atoms with Gasteiger partial charge in [-0.15, -0.1) is 0 Å². The molecule has 2 aromatic carbocycles. The molecule has 34 heavy (non-hydrogen) atoms. The highest BCUT2D eigenvalue weighted by Crippen LogP contribution is 2.25. The van der Waals surface area contributed by atoms with E-state index in [-0.39, 0.29) is 16.7 Å². The second-order valence-electron chi connectivity index (χ2n) is 7.66. The molecule has 0 amide bonds. The maximum absolute atomic E-state index is 11.1. The molecule has 2 N–H and O–H groups in total. The summed E-state index contributed by atoms with van der Waals surface area (Å²) in [7, 11) is 0. The van der Waals surface area contributed by atoms with Crippen molar-refractivity contribution in [3.63, 3.8) is 0 Å². The van der Waals surface area contributed by atoms with Gasteiger partial charge in [0.25, 0.3) is 5.69 Å². The molecule has 1 saturated heterocycles. The van der Waals surface area contributed by atoms with Gasteiger partial charge in [0.05, 0.1) is 24.4 Å². The highest BCUT2D eigenvalue weighted by Gasteiger charge is 2.17. The summed E-state index contributed by atoms with van der Waals surface area (Å²) in [4.78, 5) is 26.1. The van der Waals surface area contributed by atoms with Crippen LogP contribution in [0.5, 0.6) is 0 Å². The molecule has 0 unspecified atom stereocenters. The normalized spacial score (nSPS) is 13.8. The monoisotopic (exact) mass is 482 g/mol. The summed E-state index contributed by atoms with van der Waals surface area (Å²) in [6, 6.07) is 10.5. The minimum absolute atomic E-state index is 0.0601. The lowest BCUT2D eigenvalue weighted by molar-refractivity contribution is -0.384. The number of nitro benzene ring substituents is 1. The Morgan fingerprint density at radius 2 is 1.88 bits per heavy atom. The van der Waals surface area contributed by atoms with Crippen molar-refractivity contribution >= 4 is 47.0 Å². The maximum Gasteiger partial charge on any atom is 0.288 e. The maximum atomic E-state index is 11.1. The van der Waals surface area contributed by atoms with E-state index >= 15 is 0 Å². The van der Waals surface area contributed by atoms with Crippen LogP contribution >= 0.6 is 11.6 Å². The zero-order chi connectivity index (χ0) is 24.1. The number of aromatic nitrogens is 3. The lowest BCUT2D eigenvalue weighted by atomic mass is 10.1. The molecule has 1 fully saturated rings. The molecule has 0 bridgehead atoms. The second kappa shape index (κ2) is 10.4. The molecule has 176 valence electrons. The minimum Gasteiger partial charge on any atom is -0.378 e. The van der Waals surface area contributed by atoms with Gasteiger partial charge in [0.1, 0.15) is 5.02 Å². The summed E-state index contributed by atoms with van der Waals surface area (Å²) in [6.07, 6.45) is 1.43. The standard InChI is InChI=1S/C22H23ClN8O3/c1-14-3-4-15(2)18(11-14)25-20-26-21(28-22(27-20)30-7-9-34-10-8-30)29-24-13-16-5-6-17(23)19(12-16)31(32)33/h3-6,11-13H,7-10H2,1-2H3,(H2,25,26,27,28,29)/b24-13-. The van der Waals surface area contributed by atoms with Crippen molar-refractivity contribution in [2.45, 2.75) is 13.8 Å². The molecular formula is C22H23ClN8O3. The first-order valence-electron chi connectivity index (χ1n) is 10.5. The molecule has 3 aromatic rings. The Bertz CT molecular complexity index is 1230. The number of anilines is 4. The van der Waals surface area contributed by atoms with E-state index in [1.165, 1.54) is 18.3 Å². The predicted molar refractivity (Wildman–Crippen MR) is 131 cm³/mol. The zero-order valence-electron chi connectivity index (χ0n) is 18.7. The Morgan fingerprint density at radius 1 is 1.12 bits per heavy atom. The third kappa shape index (κ3) is 5.74. The van der Waals surface area contributed by atoms with Crippen LogP contribution in [0.4, 0.5) is 29.2 Å². The van der Waals surface area contributed by atoms with E-state index in [2.05, 4.69) is 30.8 Å². The summed E-state index contributed by atoms with van der Waals surface area (Å²) >= 11 is 5.87. The molecule has 1 aliphatic heterocycles. The van der Waals surface area contributed by atoms with E-state index in [4.69, 9.17) is 16.3 Å². The Hall–Kier alpha value is -3.83. The van der Waals surface area contributed by atoms with Gasteiger partial charge in [-0.3, -0.25) is 10.1 Å². The quantitative estimate of drug-likeness (QED) is 0.290. The van der Waals surface area contributed by atoms with Gasteiger partial charge >= 0.3 is 0 Å². The number of rotatable bonds is 7. The SMILES string of the molecule is Cc1ccc(C)c(Nc2nc(N/N=C\c3ccc(Cl)c([N+](=O)[O-])c3)nc(N3CCOCC3)n2)c1. The van der Waals surface area contributed by atoms with Crippen LogP contribution in [0.15, 0.2) is 41.5 Å². The number of morpholine rings is 1. The number of benzene rings is 2. The van der Waals surface area contributed by atoms with E-state index in [9.17, 15) is 10.1 Å². The van der Waals surface area contributed by atoms with Crippen LogP contribution in [0.1, 0.15) is 16.7 Å². The molecule has 12 heteroatoms. The second-order valence-corrected chi connectivity index (χ2v) is 8.07. The van der Waals surface area contributed by atoms with Crippen LogP contribution in [0.3, 0.4) is 0 Å². The van der Waals surface area contributed by atoms with Crippen molar-refractivity contribution in [1.29, 1.82) is 0 Å². The van der Waals surface area contributed by atoms with Gasteiger partial charge in [0.2, 0.25) is 17.8 Å². The Kier molecular flexibility index (Phi) is 7.14. The summed E-state index contributed by atoms with van der Waals surface area (Å²) in [6.45, 7) is 6.50. The topological polar surface area (TPSA) is 131 Å². The number of ether oxygens (including phenoxy) is 1. The van der Waals surface area contributed by atoms with Crippen LogP contribution in [-0.2, 0) is 4.74 Å². The molecule has 0 aliphatic carbocycles. The third-order valence-corrected chi connectivity index (χ3v) is 5.42. The lowest BCUT2D eigenvalue weighted by Crippen LogP contribution is -2.37. The van der Waals surface area contributed by atoms with Crippen molar-refractivity contribution in [3.05, 3.63) is 68.2 Å². The van der Waals surface area contributed by atoms with Gasteiger partial charge in [-0.05, 0) is 37.1 Å². The van der Waals surface area contributed by atoms with Gasteiger partial charge in [-0.1, -0.05) is 29.8 Å². The Morgan fingerprint density at radius 3 is 2.65 bits per heavy atom. The molecule has 4 rings (SSSR count). The predicted octanol–water partition coefficient (Wildman–Crippen LogP) is 4.08. The zero-order valence-corrected chi connectivity index (χ0v) is 19.4. The fourth-order valence-corrected chi connectivity index (χ4v) is 3.47. The highest BCUT2D eigenvalue weighted by molar-refractivity contribution is 6.32. The molecule has 0 atom stereocenters. The molecule has 2 heterocycles. The number of aryl methyl sites for hydroxylation is 2. The van der Waals surface area contributed by atoms with Crippen molar-refractivity contribution in [3.8, 4) is 0 Å². The van der Waals surface area contributed by atoms with Crippen LogP contribution in [-0.4, -0.2) is 52.4 Å². The smallest absolute Gasteiger partial charge is 0.288 e.